The second kappa shape index (κ2) is 5.43. The van der Waals surface area contributed by atoms with E-state index in [9.17, 15) is 4.79 Å². The molecule has 0 aromatic heterocycles. The van der Waals surface area contributed by atoms with Gasteiger partial charge in [-0.3, -0.25) is 4.79 Å². The van der Waals surface area contributed by atoms with Gasteiger partial charge in [0.2, 0.25) is 0 Å². The number of fused-ring (bicyclic) bond motifs is 2. The number of carbonyl (C=O) groups is 1. The third-order valence-corrected chi connectivity index (χ3v) is 5.03. The number of piperidine rings is 1. The van der Waals surface area contributed by atoms with Gasteiger partial charge in [0.15, 0.2) is 5.78 Å². The van der Waals surface area contributed by atoms with E-state index in [1.807, 2.05) is 0 Å². The maximum Gasteiger partial charge on any atom is 0.163 e. The summed E-state index contributed by atoms with van der Waals surface area (Å²) in [5.74, 6) is 0.700. The highest BCUT2D eigenvalue weighted by Crippen LogP contribution is 2.33. The smallest absolute Gasteiger partial charge is 0.163 e. The summed E-state index contributed by atoms with van der Waals surface area (Å²) in [5.41, 5.74) is 0.681. The molecule has 4 heteroatoms. The van der Waals surface area contributed by atoms with Gasteiger partial charge < -0.3 is 5.32 Å². The minimum absolute atomic E-state index is 0.185. The highest BCUT2D eigenvalue weighted by atomic mass is 35.5. The van der Waals surface area contributed by atoms with E-state index in [1.165, 1.54) is 12.8 Å². The van der Waals surface area contributed by atoms with Crippen LogP contribution in [0, 0.1) is 5.92 Å². The predicted molar refractivity (Wildman–Crippen MR) is 78.1 cm³/mol. The minimum Gasteiger partial charge on any atom is -0.311 e. The minimum atomic E-state index is 0.185. The van der Waals surface area contributed by atoms with Crippen LogP contribution in [0.5, 0.6) is 0 Å². The average Bonchev–Trinajstić information content (AvgIpc) is 2.72. The van der Waals surface area contributed by atoms with Crippen molar-refractivity contribution in [1.29, 1.82) is 0 Å². The van der Waals surface area contributed by atoms with Crippen molar-refractivity contribution in [2.45, 2.75) is 44.2 Å². The molecule has 2 fully saturated rings. The number of hydrogen-bond acceptors (Lipinski definition) is 2. The largest absolute Gasteiger partial charge is 0.311 e. The Labute approximate surface area is 123 Å². The van der Waals surface area contributed by atoms with E-state index in [4.69, 9.17) is 23.2 Å². The number of carbonyl (C=O) groups excluding carboxylic acids is 1. The van der Waals surface area contributed by atoms with Gasteiger partial charge in [0, 0.05) is 24.1 Å². The van der Waals surface area contributed by atoms with Gasteiger partial charge >= 0.3 is 0 Å². The molecule has 2 nitrogen and oxygen atoms in total. The Morgan fingerprint density at radius 3 is 2.47 bits per heavy atom. The maximum atomic E-state index is 12.3. The zero-order valence-electron chi connectivity index (χ0n) is 10.7. The molecule has 3 rings (SSSR count). The normalized spacial score (nSPS) is 29.5. The summed E-state index contributed by atoms with van der Waals surface area (Å²) in [7, 11) is 0. The van der Waals surface area contributed by atoms with Crippen molar-refractivity contribution in [2.75, 3.05) is 0 Å². The van der Waals surface area contributed by atoms with E-state index in [2.05, 4.69) is 5.32 Å². The van der Waals surface area contributed by atoms with E-state index in [0.717, 1.165) is 12.8 Å². The molecule has 2 aliphatic heterocycles. The molecule has 1 aromatic rings. The first-order chi connectivity index (χ1) is 9.11. The van der Waals surface area contributed by atoms with Gasteiger partial charge in [0.1, 0.15) is 0 Å². The summed E-state index contributed by atoms with van der Waals surface area (Å²) in [5, 5.41) is 4.55. The summed E-state index contributed by atoms with van der Waals surface area (Å²) < 4.78 is 0. The van der Waals surface area contributed by atoms with Gasteiger partial charge in [0.05, 0.1) is 10.0 Å². The van der Waals surface area contributed by atoms with Crippen LogP contribution < -0.4 is 5.32 Å². The molecular formula is C15H17Cl2NO. The van der Waals surface area contributed by atoms with Crippen LogP contribution in [0.4, 0.5) is 0 Å². The van der Waals surface area contributed by atoms with E-state index >= 15 is 0 Å². The number of benzene rings is 1. The van der Waals surface area contributed by atoms with Crippen molar-refractivity contribution in [2.24, 2.45) is 5.92 Å². The fourth-order valence-electron chi connectivity index (χ4n) is 3.39. The number of hydrogen-bond donors (Lipinski definition) is 1. The van der Waals surface area contributed by atoms with Gasteiger partial charge in [-0.15, -0.1) is 0 Å². The van der Waals surface area contributed by atoms with E-state index in [0.29, 0.717) is 40.0 Å². The average molecular weight is 298 g/mol. The van der Waals surface area contributed by atoms with Gasteiger partial charge in [0.25, 0.3) is 0 Å². The number of ketones is 1. The second-order valence-corrected chi connectivity index (χ2v) is 6.55. The molecule has 19 heavy (non-hydrogen) atoms. The molecule has 0 amide bonds. The van der Waals surface area contributed by atoms with Gasteiger partial charge in [-0.1, -0.05) is 23.2 Å². The highest BCUT2D eigenvalue weighted by Gasteiger charge is 2.34. The number of Topliss-reactive ketones (excluding diaryl/α,β-unsaturated/α-hetero) is 1. The lowest BCUT2D eigenvalue weighted by Crippen LogP contribution is -2.38. The summed E-state index contributed by atoms with van der Waals surface area (Å²) in [6, 6.07) is 6.41. The Morgan fingerprint density at radius 1 is 1.16 bits per heavy atom. The fraction of sp³-hybridized carbons (Fsp3) is 0.533. The molecule has 0 radical (unpaired) electrons. The fourth-order valence-corrected chi connectivity index (χ4v) is 3.69. The monoisotopic (exact) mass is 297 g/mol. The van der Waals surface area contributed by atoms with E-state index in [-0.39, 0.29) is 5.78 Å². The summed E-state index contributed by atoms with van der Waals surface area (Å²) in [4.78, 5) is 12.3. The van der Waals surface area contributed by atoms with Crippen LogP contribution in [0.25, 0.3) is 0 Å². The first-order valence-corrected chi connectivity index (χ1v) is 7.61. The van der Waals surface area contributed by atoms with Crippen molar-refractivity contribution >= 4 is 29.0 Å². The van der Waals surface area contributed by atoms with Gasteiger partial charge in [-0.2, -0.15) is 0 Å². The first-order valence-electron chi connectivity index (χ1n) is 6.86. The lowest BCUT2D eigenvalue weighted by atomic mass is 9.87. The third kappa shape index (κ3) is 2.96. The third-order valence-electron chi connectivity index (χ3n) is 4.29. The molecule has 1 aromatic carbocycles. The van der Waals surface area contributed by atoms with Crippen LogP contribution in [-0.4, -0.2) is 17.9 Å². The molecule has 2 aliphatic rings. The van der Waals surface area contributed by atoms with Crippen LogP contribution in [0.15, 0.2) is 18.2 Å². The molecule has 2 bridgehead atoms. The molecule has 102 valence electrons. The van der Waals surface area contributed by atoms with E-state index in [1.54, 1.807) is 18.2 Å². The number of rotatable bonds is 3. The Bertz CT molecular complexity index is 491. The standard InChI is InChI=1S/C15H17Cl2NO/c16-13-4-1-10(8-14(13)17)15(19)7-9-5-11-2-3-12(6-9)18-11/h1,4,8-9,11-12,18H,2-3,5-7H2/t9-,11-,12+. The molecule has 0 spiro atoms. The molecule has 0 unspecified atom stereocenters. The van der Waals surface area contributed by atoms with Crippen LogP contribution in [0.3, 0.4) is 0 Å². The summed E-state index contributed by atoms with van der Waals surface area (Å²) in [6.07, 6.45) is 5.42. The van der Waals surface area contributed by atoms with Crippen LogP contribution >= 0.6 is 23.2 Å². The lowest BCUT2D eigenvalue weighted by molar-refractivity contribution is 0.0945. The summed E-state index contributed by atoms with van der Waals surface area (Å²) in [6.45, 7) is 0. The Hall–Kier alpha value is -0.570. The van der Waals surface area contributed by atoms with Crippen molar-refractivity contribution in [3.05, 3.63) is 33.8 Å². The lowest BCUT2D eigenvalue weighted by Gasteiger charge is -2.28. The quantitative estimate of drug-likeness (QED) is 0.851. The Morgan fingerprint density at radius 2 is 1.84 bits per heavy atom. The Kier molecular flexibility index (Phi) is 3.84. The van der Waals surface area contributed by atoms with Crippen LogP contribution in [0.1, 0.15) is 42.5 Å². The summed E-state index contributed by atoms with van der Waals surface area (Å²) >= 11 is 11.8. The Balaban J connectivity index is 1.66. The van der Waals surface area contributed by atoms with Crippen molar-refractivity contribution in [3.63, 3.8) is 0 Å². The molecular weight excluding hydrogens is 281 g/mol. The molecule has 2 saturated heterocycles. The van der Waals surface area contributed by atoms with Crippen LogP contribution in [0.2, 0.25) is 10.0 Å². The number of halogens is 2. The zero-order chi connectivity index (χ0) is 13.4. The molecule has 3 atom stereocenters. The number of nitrogens with one attached hydrogen (secondary N) is 1. The van der Waals surface area contributed by atoms with E-state index < -0.39 is 0 Å². The zero-order valence-corrected chi connectivity index (χ0v) is 12.2. The topological polar surface area (TPSA) is 29.1 Å². The highest BCUT2D eigenvalue weighted by molar-refractivity contribution is 6.42. The van der Waals surface area contributed by atoms with Crippen LogP contribution in [-0.2, 0) is 0 Å². The molecule has 1 N–H and O–H groups in total. The maximum absolute atomic E-state index is 12.3. The predicted octanol–water partition coefficient (Wildman–Crippen LogP) is 4.10. The first kappa shape index (κ1) is 13.4. The SMILES string of the molecule is O=C(C[C@@H]1C[C@H]2CC[C@@H](C1)N2)c1ccc(Cl)c(Cl)c1. The van der Waals surface area contributed by atoms with Crippen molar-refractivity contribution in [3.8, 4) is 0 Å². The molecule has 0 aliphatic carbocycles. The van der Waals surface area contributed by atoms with Gasteiger partial charge in [-0.05, 0) is 49.8 Å². The molecule has 0 saturated carbocycles. The van der Waals surface area contributed by atoms with Gasteiger partial charge in [-0.25, -0.2) is 0 Å². The second-order valence-electron chi connectivity index (χ2n) is 5.73. The molecule has 2 heterocycles. The van der Waals surface area contributed by atoms with Crippen molar-refractivity contribution in [1.82, 2.24) is 5.32 Å². The van der Waals surface area contributed by atoms with Crippen molar-refractivity contribution < 1.29 is 4.79 Å².